The van der Waals surface area contributed by atoms with Crippen LogP contribution in [-0.2, 0) is 52.2 Å². The van der Waals surface area contributed by atoms with Crippen LogP contribution in [0.15, 0.2) is 11.6 Å². The molecular weight excluding hydrogens is 1120 g/mol. The molecule has 488 valence electrons. The van der Waals surface area contributed by atoms with Gasteiger partial charge in [-0.1, -0.05) is 53.2 Å². The summed E-state index contributed by atoms with van der Waals surface area (Å²) in [5, 5.41) is 164. The van der Waals surface area contributed by atoms with Crippen LogP contribution < -0.4 is 0 Å². The Labute approximate surface area is 494 Å². The van der Waals surface area contributed by atoms with Crippen LogP contribution in [0.25, 0.3) is 0 Å². The SMILES string of the molecule is CC1OC(OC2C(O)C(CO)OC(OC3C(O)C(C)OC(OC4C(OC5CCC6(C)C(CCC7(C)C6CC=C6C8CC(C)(C)CCC8(C(=O)OC8OC(CO)C(O)C(O)C8O)CCC67C)C5(C)CO)OCC(O)C4O)C3O)C2O)C(O)C(O)C1O. The molecule has 0 amide bonds. The van der Waals surface area contributed by atoms with Crippen molar-refractivity contribution in [3.05, 3.63) is 11.6 Å². The number of rotatable bonds is 13. The van der Waals surface area contributed by atoms with E-state index in [0.29, 0.717) is 51.4 Å². The molecule has 26 heteroatoms. The van der Waals surface area contributed by atoms with Gasteiger partial charge in [0.05, 0.1) is 50.2 Å². The lowest BCUT2D eigenvalue weighted by molar-refractivity contribution is -0.391. The van der Waals surface area contributed by atoms with Crippen LogP contribution in [0.5, 0.6) is 0 Å². The Morgan fingerprint density at radius 2 is 1.09 bits per heavy atom. The third-order valence-electron chi connectivity index (χ3n) is 23.2. The van der Waals surface area contributed by atoms with Gasteiger partial charge < -0.3 is 124 Å². The molecule has 0 aromatic rings. The normalized spacial score (nSPS) is 55.3. The summed E-state index contributed by atoms with van der Waals surface area (Å²) >= 11 is 0. The quantitative estimate of drug-likeness (QED) is 0.0513. The summed E-state index contributed by atoms with van der Waals surface area (Å²) in [6.45, 7) is 14.1. The smallest absolute Gasteiger partial charge is 0.315 e. The van der Waals surface area contributed by atoms with Gasteiger partial charge in [-0.25, -0.2) is 0 Å². The zero-order valence-corrected chi connectivity index (χ0v) is 49.8. The largest absolute Gasteiger partial charge is 0.432 e. The number of aliphatic hydroxyl groups is 15. The highest BCUT2D eigenvalue weighted by atomic mass is 16.8. The van der Waals surface area contributed by atoms with Crippen molar-refractivity contribution in [3.8, 4) is 0 Å². The average molecular weight is 1220 g/mol. The first-order chi connectivity index (χ1) is 39.9. The molecule has 5 aliphatic heterocycles. The van der Waals surface area contributed by atoms with Crippen molar-refractivity contribution in [2.75, 3.05) is 26.4 Å². The second kappa shape index (κ2) is 24.4. The van der Waals surface area contributed by atoms with E-state index in [1.165, 1.54) is 19.4 Å². The lowest BCUT2D eigenvalue weighted by Gasteiger charge is -2.71. The average Bonchev–Trinajstić information content (AvgIpc) is 0.749. The molecule has 9 fully saturated rings. The highest BCUT2D eigenvalue weighted by molar-refractivity contribution is 5.79. The Morgan fingerprint density at radius 1 is 0.541 bits per heavy atom. The second-order valence-electron chi connectivity index (χ2n) is 28.4. The number of hydrogen-bond donors (Lipinski definition) is 15. The van der Waals surface area contributed by atoms with Gasteiger partial charge in [0.2, 0.25) is 6.29 Å². The predicted molar refractivity (Wildman–Crippen MR) is 288 cm³/mol. The standard InChI is InChI=1S/C59H96O26/c1-24-34(64)39(69)41(71)48(77-24)83-46-38(68)30(21-61)80-51(44(46)74)82-45-35(65)25(2)78-50(43(45)73)84-47-36(66)28(63)22-76-52(47)81-33-12-13-55(5)31(56(33,6)23-62)11-14-58(8)32(55)10-9-26-27-19-54(3,4)15-17-59(27,18-16-57(26,58)7)53(75)85-49-42(72)40(70)37(67)29(20-60)79-49/h9,24-25,27-52,60-74H,10-23H2,1-8H3. The summed E-state index contributed by atoms with van der Waals surface area (Å²) < 4.78 is 59.9. The van der Waals surface area contributed by atoms with Gasteiger partial charge in [0.1, 0.15) is 104 Å². The van der Waals surface area contributed by atoms with E-state index >= 15 is 0 Å². The van der Waals surface area contributed by atoms with Gasteiger partial charge in [0.25, 0.3) is 0 Å². The number of ether oxygens (including phenoxy) is 10. The Hall–Kier alpha value is -1.75. The third kappa shape index (κ3) is 11.0. The molecule has 0 aromatic heterocycles. The minimum absolute atomic E-state index is 0.107. The molecule has 0 aromatic carbocycles. The molecule has 5 saturated heterocycles. The lowest BCUT2D eigenvalue weighted by atomic mass is 9.33. The van der Waals surface area contributed by atoms with Crippen molar-refractivity contribution in [2.24, 2.45) is 50.2 Å². The number of fused-ring (bicyclic) bond motifs is 7. The fourth-order valence-electron chi connectivity index (χ4n) is 17.6. The van der Waals surface area contributed by atoms with Gasteiger partial charge >= 0.3 is 5.97 Å². The maximum Gasteiger partial charge on any atom is 0.315 e. The molecule has 33 atom stereocenters. The van der Waals surface area contributed by atoms with E-state index in [4.69, 9.17) is 47.4 Å². The summed E-state index contributed by atoms with van der Waals surface area (Å²) in [5.41, 5.74) is -1.76. The van der Waals surface area contributed by atoms with Gasteiger partial charge in [-0.2, -0.15) is 0 Å². The number of hydrogen-bond acceptors (Lipinski definition) is 26. The van der Waals surface area contributed by atoms with Crippen LogP contribution in [0.4, 0.5) is 0 Å². The van der Waals surface area contributed by atoms with E-state index in [9.17, 15) is 81.4 Å². The highest BCUT2D eigenvalue weighted by Crippen LogP contribution is 2.76. The molecule has 15 N–H and O–H groups in total. The van der Waals surface area contributed by atoms with E-state index in [0.717, 1.165) is 12.8 Å². The van der Waals surface area contributed by atoms with E-state index < -0.39 is 184 Å². The molecular formula is C59H96O26. The molecule has 5 aliphatic carbocycles. The first kappa shape index (κ1) is 66.2. The van der Waals surface area contributed by atoms with Crippen molar-refractivity contribution in [2.45, 2.75) is 273 Å². The molecule has 0 radical (unpaired) electrons. The zero-order chi connectivity index (χ0) is 62.0. The predicted octanol–water partition coefficient (Wildman–Crippen LogP) is -2.54. The van der Waals surface area contributed by atoms with Crippen molar-refractivity contribution >= 4 is 5.97 Å². The summed E-state index contributed by atoms with van der Waals surface area (Å²) in [6, 6.07) is 0. The van der Waals surface area contributed by atoms with Crippen LogP contribution >= 0.6 is 0 Å². The summed E-state index contributed by atoms with van der Waals surface area (Å²) in [4.78, 5) is 14.8. The van der Waals surface area contributed by atoms with Crippen molar-refractivity contribution in [1.82, 2.24) is 0 Å². The van der Waals surface area contributed by atoms with Gasteiger partial charge in [-0.15, -0.1) is 0 Å². The number of allylic oxidation sites excluding steroid dienone is 2. The van der Waals surface area contributed by atoms with E-state index in [-0.39, 0.29) is 52.6 Å². The highest BCUT2D eigenvalue weighted by Gasteiger charge is 2.71. The molecule has 26 nitrogen and oxygen atoms in total. The Morgan fingerprint density at radius 3 is 1.74 bits per heavy atom. The maximum absolute atomic E-state index is 14.8. The molecule has 0 spiro atoms. The summed E-state index contributed by atoms with van der Waals surface area (Å²) in [6.07, 6.45) is -30.8. The Bertz CT molecular complexity index is 2370. The van der Waals surface area contributed by atoms with Crippen molar-refractivity contribution in [3.63, 3.8) is 0 Å². The minimum Gasteiger partial charge on any atom is -0.432 e. The molecule has 0 bridgehead atoms. The van der Waals surface area contributed by atoms with Gasteiger partial charge in [-0.3, -0.25) is 4.79 Å². The number of carbonyl (C=O) groups excluding carboxylic acids is 1. The number of aliphatic hydroxyl groups excluding tert-OH is 15. The monoisotopic (exact) mass is 1220 g/mol. The minimum atomic E-state index is -1.97. The van der Waals surface area contributed by atoms with Gasteiger partial charge in [0, 0.05) is 5.41 Å². The number of carbonyl (C=O) groups is 1. The lowest BCUT2D eigenvalue weighted by Crippen LogP contribution is -2.67. The van der Waals surface area contributed by atoms with E-state index in [2.05, 4.69) is 40.7 Å². The first-order valence-electron chi connectivity index (χ1n) is 30.6. The Balaban J connectivity index is 0.852. The van der Waals surface area contributed by atoms with E-state index in [1.54, 1.807) is 0 Å². The molecule has 5 heterocycles. The summed E-state index contributed by atoms with van der Waals surface area (Å²) in [7, 11) is 0. The van der Waals surface area contributed by atoms with Crippen molar-refractivity contribution in [1.29, 1.82) is 0 Å². The van der Waals surface area contributed by atoms with Crippen molar-refractivity contribution < 1.29 is 129 Å². The third-order valence-corrected chi connectivity index (χ3v) is 23.2. The molecule has 85 heavy (non-hydrogen) atoms. The maximum atomic E-state index is 14.8. The van der Waals surface area contributed by atoms with Gasteiger partial charge in [0.15, 0.2) is 25.2 Å². The fraction of sp³-hybridized carbons (Fsp3) is 0.949. The fourth-order valence-corrected chi connectivity index (χ4v) is 17.6. The topological polar surface area (TPSA) is 413 Å². The first-order valence-corrected chi connectivity index (χ1v) is 30.6. The molecule has 10 rings (SSSR count). The van der Waals surface area contributed by atoms with Crippen LogP contribution in [0, 0.1) is 50.2 Å². The Kier molecular flexibility index (Phi) is 19.0. The molecule has 10 aliphatic rings. The summed E-state index contributed by atoms with van der Waals surface area (Å²) in [5.74, 6) is -0.740. The number of esters is 1. The molecule has 33 unspecified atom stereocenters. The van der Waals surface area contributed by atoms with Crippen LogP contribution in [0.2, 0.25) is 0 Å². The van der Waals surface area contributed by atoms with Crippen LogP contribution in [-0.4, -0.2) is 263 Å². The van der Waals surface area contributed by atoms with Crippen LogP contribution in [0.3, 0.4) is 0 Å². The second-order valence-corrected chi connectivity index (χ2v) is 28.4. The molecule has 4 saturated carbocycles. The van der Waals surface area contributed by atoms with Gasteiger partial charge in [-0.05, 0) is 117 Å². The van der Waals surface area contributed by atoms with E-state index in [1.807, 2.05) is 6.92 Å². The zero-order valence-electron chi connectivity index (χ0n) is 49.8. The van der Waals surface area contributed by atoms with Crippen LogP contribution in [0.1, 0.15) is 120 Å².